The summed E-state index contributed by atoms with van der Waals surface area (Å²) >= 11 is 0. The second kappa shape index (κ2) is 74.4. The zero-order valence-electron chi connectivity index (χ0n) is 66.2. The van der Waals surface area contributed by atoms with Gasteiger partial charge in [0.2, 0.25) is 0 Å². The SMILES string of the molecule is CCCCCC/C=C\COC(=O)CCCCCC(O)CN(CCCCSSCCCCN1CCN(CCOC(=O)CCCN(CC(O)CCCCCCCCCC)CC(O)CCCCCCCCCC)CC1)CC(O)CCCCCC(=O)OC(CCCCCCCC)CCCCCCCC. The van der Waals surface area contributed by atoms with Gasteiger partial charge < -0.3 is 39.5 Å². The summed E-state index contributed by atoms with van der Waals surface area (Å²) in [6.45, 7) is 21.6. The van der Waals surface area contributed by atoms with Crippen molar-refractivity contribution in [2.45, 2.75) is 405 Å². The van der Waals surface area contributed by atoms with Gasteiger partial charge in [0, 0.05) is 89.7 Å². The van der Waals surface area contributed by atoms with Crippen LogP contribution in [0.15, 0.2) is 12.2 Å². The van der Waals surface area contributed by atoms with Gasteiger partial charge in [-0.25, -0.2) is 0 Å². The molecule has 16 heteroatoms. The Morgan fingerprint density at radius 2 is 0.700 bits per heavy atom. The predicted molar refractivity (Wildman–Crippen MR) is 429 cm³/mol. The van der Waals surface area contributed by atoms with Crippen LogP contribution in [-0.2, 0) is 28.6 Å². The zero-order valence-corrected chi connectivity index (χ0v) is 67.8. The van der Waals surface area contributed by atoms with E-state index in [-0.39, 0.29) is 24.0 Å². The van der Waals surface area contributed by atoms with Crippen LogP contribution in [0.2, 0.25) is 0 Å². The molecule has 0 radical (unpaired) electrons. The van der Waals surface area contributed by atoms with Crippen LogP contribution in [0.5, 0.6) is 0 Å². The van der Waals surface area contributed by atoms with Gasteiger partial charge in [-0.1, -0.05) is 280 Å². The summed E-state index contributed by atoms with van der Waals surface area (Å²) in [4.78, 5) is 47.8. The van der Waals surface area contributed by atoms with E-state index < -0.39 is 24.4 Å². The van der Waals surface area contributed by atoms with Crippen molar-refractivity contribution in [2.75, 3.05) is 103 Å². The van der Waals surface area contributed by atoms with Crippen LogP contribution in [0.1, 0.15) is 375 Å². The molecule has 4 N–H and O–H groups in total. The van der Waals surface area contributed by atoms with E-state index in [0.29, 0.717) is 84.5 Å². The third-order valence-corrected chi connectivity index (χ3v) is 22.8. The van der Waals surface area contributed by atoms with Crippen molar-refractivity contribution in [2.24, 2.45) is 0 Å². The lowest BCUT2D eigenvalue weighted by Gasteiger charge is -2.34. The molecule has 4 atom stereocenters. The van der Waals surface area contributed by atoms with Crippen LogP contribution in [0.25, 0.3) is 0 Å². The summed E-state index contributed by atoms with van der Waals surface area (Å²) in [7, 11) is 3.94. The molecule has 0 saturated carbocycles. The molecule has 1 rings (SSSR count). The quantitative estimate of drug-likeness (QED) is 0.0149. The molecule has 0 aliphatic carbocycles. The van der Waals surface area contributed by atoms with Gasteiger partial charge in [-0.2, -0.15) is 0 Å². The number of rotatable bonds is 78. The fourth-order valence-corrected chi connectivity index (χ4v) is 16.1. The number of aliphatic hydroxyl groups is 4. The second-order valence-corrected chi connectivity index (χ2v) is 32.9. The minimum atomic E-state index is -0.494. The number of esters is 3. The zero-order chi connectivity index (χ0) is 72.7. The summed E-state index contributed by atoms with van der Waals surface area (Å²) in [6, 6.07) is 0. The maximum Gasteiger partial charge on any atom is 0.306 e. The van der Waals surface area contributed by atoms with Gasteiger partial charge in [0.15, 0.2) is 0 Å². The van der Waals surface area contributed by atoms with Crippen molar-refractivity contribution in [1.82, 2.24) is 19.6 Å². The lowest BCUT2D eigenvalue weighted by Crippen LogP contribution is -2.47. The molecule has 100 heavy (non-hydrogen) atoms. The Balaban J connectivity index is 2.50. The second-order valence-electron chi connectivity index (χ2n) is 30.2. The number of aliphatic hydroxyl groups excluding tert-OH is 4. The number of hydrogen-bond acceptors (Lipinski definition) is 16. The molecule has 0 aromatic carbocycles. The van der Waals surface area contributed by atoms with E-state index in [1.54, 1.807) is 0 Å². The Kier molecular flexibility index (Phi) is 71.8. The van der Waals surface area contributed by atoms with E-state index in [1.165, 1.54) is 180 Å². The average Bonchev–Trinajstić information content (AvgIpc) is 1.45. The van der Waals surface area contributed by atoms with E-state index in [1.807, 2.05) is 27.7 Å². The highest BCUT2D eigenvalue weighted by Crippen LogP contribution is 2.25. The first-order valence-electron chi connectivity index (χ1n) is 42.9. The molecule has 1 aliphatic rings. The normalized spacial score (nSPS) is 14.5. The highest BCUT2D eigenvalue weighted by atomic mass is 33.1. The molecule has 4 unspecified atom stereocenters. The first-order chi connectivity index (χ1) is 48.9. The molecule has 0 aromatic heterocycles. The Morgan fingerprint density at radius 3 is 1.14 bits per heavy atom. The monoisotopic (exact) mass is 1450 g/mol. The van der Waals surface area contributed by atoms with Crippen molar-refractivity contribution in [1.29, 1.82) is 0 Å². The summed E-state index contributed by atoms with van der Waals surface area (Å²) in [6.07, 6.45) is 59.3. The fourth-order valence-electron chi connectivity index (χ4n) is 13.8. The lowest BCUT2D eigenvalue weighted by atomic mass is 10.0. The van der Waals surface area contributed by atoms with Gasteiger partial charge in [-0.15, -0.1) is 0 Å². The van der Waals surface area contributed by atoms with Crippen molar-refractivity contribution < 1.29 is 49.0 Å². The maximum atomic E-state index is 13.1. The highest BCUT2D eigenvalue weighted by Gasteiger charge is 2.21. The third-order valence-electron chi connectivity index (χ3n) is 20.3. The van der Waals surface area contributed by atoms with E-state index in [9.17, 15) is 34.8 Å². The number of unbranched alkanes of at least 4 members (excludes halogenated alkanes) is 34. The van der Waals surface area contributed by atoms with Gasteiger partial charge >= 0.3 is 17.9 Å². The van der Waals surface area contributed by atoms with E-state index in [2.05, 4.69) is 60.3 Å². The Morgan fingerprint density at radius 1 is 0.360 bits per heavy atom. The first-order valence-corrected chi connectivity index (χ1v) is 45.4. The fraction of sp³-hybridized carbons (Fsp3) is 0.940. The maximum absolute atomic E-state index is 13.1. The van der Waals surface area contributed by atoms with Crippen LogP contribution >= 0.6 is 21.6 Å². The number of ether oxygens (including phenoxy) is 3. The van der Waals surface area contributed by atoms with Crippen LogP contribution in [-0.4, -0.2) is 192 Å². The van der Waals surface area contributed by atoms with Gasteiger partial charge in [-0.05, 0) is 129 Å². The largest absolute Gasteiger partial charge is 0.464 e. The summed E-state index contributed by atoms with van der Waals surface area (Å²) < 4.78 is 17.3. The van der Waals surface area contributed by atoms with E-state index >= 15 is 0 Å². The molecular formula is C84H164N4O10S2. The van der Waals surface area contributed by atoms with Crippen molar-refractivity contribution >= 4 is 39.5 Å². The Labute approximate surface area is 625 Å². The molecule has 1 saturated heterocycles. The van der Waals surface area contributed by atoms with Crippen LogP contribution in [0.4, 0.5) is 0 Å². The number of carbonyl (C=O) groups is 3. The number of hydrogen-bond donors (Lipinski definition) is 4. The summed E-state index contributed by atoms with van der Waals surface area (Å²) in [5.74, 6) is 1.84. The minimum absolute atomic E-state index is 0.0388. The van der Waals surface area contributed by atoms with Gasteiger partial charge in [0.25, 0.3) is 0 Å². The number of piperazine rings is 1. The number of nitrogens with zero attached hydrogens (tertiary/aromatic N) is 4. The van der Waals surface area contributed by atoms with E-state index in [4.69, 9.17) is 14.2 Å². The van der Waals surface area contributed by atoms with E-state index in [0.717, 1.165) is 179 Å². The van der Waals surface area contributed by atoms with Crippen molar-refractivity contribution in [3.05, 3.63) is 12.2 Å². The molecule has 0 aromatic rings. The summed E-state index contributed by atoms with van der Waals surface area (Å²) in [5.41, 5.74) is 0. The molecule has 14 nitrogen and oxygen atoms in total. The van der Waals surface area contributed by atoms with Crippen LogP contribution in [0.3, 0.4) is 0 Å². The molecule has 1 heterocycles. The number of allylic oxidation sites excluding steroid dienone is 1. The first kappa shape index (κ1) is 96.5. The predicted octanol–water partition coefficient (Wildman–Crippen LogP) is 20.4. The van der Waals surface area contributed by atoms with Crippen LogP contribution in [0, 0.1) is 0 Å². The lowest BCUT2D eigenvalue weighted by molar-refractivity contribution is -0.150. The smallest absolute Gasteiger partial charge is 0.306 e. The third kappa shape index (κ3) is 66.0. The van der Waals surface area contributed by atoms with Crippen LogP contribution < -0.4 is 0 Å². The Bertz CT molecular complexity index is 1740. The molecule has 0 spiro atoms. The van der Waals surface area contributed by atoms with Crippen molar-refractivity contribution in [3.63, 3.8) is 0 Å². The molecule has 0 bridgehead atoms. The molecular weight excluding hydrogens is 1290 g/mol. The average molecular weight is 1450 g/mol. The van der Waals surface area contributed by atoms with Gasteiger partial charge in [0.1, 0.15) is 19.3 Å². The van der Waals surface area contributed by atoms with Gasteiger partial charge in [-0.3, -0.25) is 29.1 Å². The Hall–Kier alpha value is -1.47. The topological polar surface area (TPSA) is 173 Å². The molecule has 0 amide bonds. The molecule has 1 fully saturated rings. The molecule has 1 aliphatic heterocycles. The standard InChI is InChI=1S/C84H164N4O10S2/c1-6-11-16-21-26-28-31-38-52-77(89)75-88(76-78(90)53-39-32-29-27-22-17-12-7-2)63-51-60-83(94)97-70-68-86-66-64-85(65-67-86)61-46-49-71-99-100-72-50-47-62-87(73-79(91)54-40-36-44-58-82(93)96-69-48-35-30-23-18-13-8-3)74-80(92)55-41-37-45-59-84(95)98-81(56-42-33-24-19-14-9-4)57-43-34-25-20-15-10-5/h35,48,77-81,89-92H,6-34,36-47,49-76H2,1-5H3/b48-35-. The molecule has 592 valence electrons. The van der Waals surface area contributed by atoms with Gasteiger partial charge in [0.05, 0.1) is 24.4 Å². The number of carbonyl (C=O) groups excluding carboxylic acids is 3. The summed E-state index contributed by atoms with van der Waals surface area (Å²) in [5, 5.41) is 44.6. The minimum Gasteiger partial charge on any atom is -0.464 e. The highest BCUT2D eigenvalue weighted by molar-refractivity contribution is 8.76. The van der Waals surface area contributed by atoms with Crippen molar-refractivity contribution in [3.8, 4) is 0 Å².